The highest BCUT2D eigenvalue weighted by Gasteiger charge is 2.21. The summed E-state index contributed by atoms with van der Waals surface area (Å²) in [6.07, 6.45) is 0. The lowest BCUT2D eigenvalue weighted by atomic mass is 10.1. The minimum Gasteiger partial charge on any atom is -0.454 e. The fourth-order valence-corrected chi connectivity index (χ4v) is 4.01. The van der Waals surface area contributed by atoms with Crippen molar-refractivity contribution in [1.82, 2.24) is 14.9 Å². The van der Waals surface area contributed by atoms with Crippen LogP contribution in [0, 0.1) is 6.92 Å². The van der Waals surface area contributed by atoms with E-state index in [4.69, 9.17) is 14.5 Å². The van der Waals surface area contributed by atoms with Gasteiger partial charge >= 0.3 is 0 Å². The maximum atomic E-state index is 12.3. The third-order valence-electron chi connectivity index (χ3n) is 5.67. The molecule has 1 saturated heterocycles. The molecule has 30 heavy (non-hydrogen) atoms. The van der Waals surface area contributed by atoms with E-state index in [1.165, 1.54) is 5.56 Å². The quantitative estimate of drug-likeness (QED) is 0.721. The van der Waals surface area contributed by atoms with E-state index >= 15 is 0 Å². The van der Waals surface area contributed by atoms with E-state index < -0.39 is 0 Å². The summed E-state index contributed by atoms with van der Waals surface area (Å²) in [6, 6.07) is 15.7. The molecule has 0 radical (unpaired) electrons. The van der Waals surface area contributed by atoms with E-state index in [0.717, 1.165) is 61.0 Å². The zero-order valence-electron chi connectivity index (χ0n) is 16.9. The van der Waals surface area contributed by atoms with Gasteiger partial charge in [0.2, 0.25) is 12.7 Å². The lowest BCUT2D eigenvalue weighted by molar-refractivity contribution is 0.174. The minimum atomic E-state index is -0.124. The summed E-state index contributed by atoms with van der Waals surface area (Å²) >= 11 is 0. The Bertz CT molecular complexity index is 1120. The molecule has 0 atom stereocenters. The molecular formula is C23H24N4O3. The lowest BCUT2D eigenvalue weighted by Crippen LogP contribution is -2.47. The van der Waals surface area contributed by atoms with Crippen molar-refractivity contribution in [1.29, 1.82) is 0 Å². The van der Waals surface area contributed by atoms with E-state index in [-0.39, 0.29) is 5.56 Å². The van der Waals surface area contributed by atoms with Crippen LogP contribution in [0.15, 0.2) is 53.3 Å². The monoisotopic (exact) mass is 404 g/mol. The number of aromatic amines is 1. The van der Waals surface area contributed by atoms with Crippen molar-refractivity contribution < 1.29 is 9.47 Å². The Morgan fingerprint density at radius 3 is 2.63 bits per heavy atom. The molecule has 0 bridgehead atoms. The third-order valence-corrected chi connectivity index (χ3v) is 5.67. The van der Waals surface area contributed by atoms with Gasteiger partial charge in [-0.2, -0.15) is 0 Å². The SMILES string of the molecule is Cc1ccccc1-c1cc(=O)[nH]c(N2CCN(Cc3ccc4c(c3)OCO4)CC2)n1. The molecule has 2 aliphatic heterocycles. The summed E-state index contributed by atoms with van der Waals surface area (Å²) < 4.78 is 10.9. The predicted octanol–water partition coefficient (Wildman–Crippen LogP) is 2.80. The van der Waals surface area contributed by atoms with Crippen LogP contribution in [0.25, 0.3) is 11.3 Å². The summed E-state index contributed by atoms with van der Waals surface area (Å²) in [5.74, 6) is 2.27. The van der Waals surface area contributed by atoms with E-state index in [1.54, 1.807) is 6.07 Å². The van der Waals surface area contributed by atoms with Crippen LogP contribution in [-0.2, 0) is 6.54 Å². The first kappa shape index (κ1) is 18.7. The summed E-state index contributed by atoms with van der Waals surface area (Å²) in [5.41, 5.74) is 3.90. The van der Waals surface area contributed by atoms with E-state index in [9.17, 15) is 4.79 Å². The molecule has 2 aromatic carbocycles. The topological polar surface area (TPSA) is 70.7 Å². The van der Waals surface area contributed by atoms with E-state index in [0.29, 0.717) is 12.7 Å². The van der Waals surface area contributed by atoms with Crippen LogP contribution in [-0.4, -0.2) is 47.8 Å². The van der Waals surface area contributed by atoms with Crippen molar-refractivity contribution in [3.8, 4) is 22.8 Å². The van der Waals surface area contributed by atoms with Gasteiger partial charge in [0, 0.05) is 44.4 Å². The molecule has 0 saturated carbocycles. The van der Waals surface area contributed by atoms with E-state index in [2.05, 4.69) is 26.9 Å². The number of rotatable bonds is 4. The van der Waals surface area contributed by atoms with Gasteiger partial charge in [-0.15, -0.1) is 0 Å². The van der Waals surface area contributed by atoms with Gasteiger partial charge < -0.3 is 14.4 Å². The number of ether oxygens (including phenoxy) is 2. The average molecular weight is 404 g/mol. The number of anilines is 1. The Balaban J connectivity index is 1.28. The van der Waals surface area contributed by atoms with Gasteiger partial charge in [0.15, 0.2) is 11.5 Å². The third kappa shape index (κ3) is 3.76. The molecule has 3 aromatic rings. The summed E-state index contributed by atoms with van der Waals surface area (Å²) in [4.78, 5) is 24.5. The van der Waals surface area contributed by atoms with Crippen LogP contribution in [0.3, 0.4) is 0 Å². The number of aryl methyl sites for hydroxylation is 1. The number of hydrogen-bond acceptors (Lipinski definition) is 6. The molecule has 0 aliphatic carbocycles. The molecule has 1 fully saturated rings. The zero-order chi connectivity index (χ0) is 20.5. The molecule has 1 aromatic heterocycles. The first-order valence-electron chi connectivity index (χ1n) is 10.2. The van der Waals surface area contributed by atoms with Gasteiger partial charge in [-0.1, -0.05) is 30.3 Å². The molecule has 1 N–H and O–H groups in total. The fraction of sp³-hybridized carbons (Fsp3) is 0.304. The predicted molar refractivity (Wildman–Crippen MR) is 115 cm³/mol. The van der Waals surface area contributed by atoms with Crippen LogP contribution in [0.1, 0.15) is 11.1 Å². The molecule has 0 unspecified atom stereocenters. The van der Waals surface area contributed by atoms with Crippen LogP contribution < -0.4 is 19.9 Å². The van der Waals surface area contributed by atoms with Gasteiger partial charge in [-0.25, -0.2) is 4.98 Å². The number of piperazine rings is 1. The molecular weight excluding hydrogens is 380 g/mol. The molecule has 5 rings (SSSR count). The van der Waals surface area contributed by atoms with Crippen LogP contribution in [0.5, 0.6) is 11.5 Å². The van der Waals surface area contributed by atoms with Gasteiger partial charge in [-0.3, -0.25) is 14.7 Å². The zero-order valence-corrected chi connectivity index (χ0v) is 16.9. The Morgan fingerprint density at radius 2 is 1.80 bits per heavy atom. The van der Waals surface area contributed by atoms with Crippen molar-refractivity contribution in [2.75, 3.05) is 37.9 Å². The van der Waals surface area contributed by atoms with Crippen molar-refractivity contribution in [2.45, 2.75) is 13.5 Å². The molecule has 7 nitrogen and oxygen atoms in total. The number of nitrogens with one attached hydrogen (secondary N) is 1. The van der Waals surface area contributed by atoms with Crippen molar-refractivity contribution in [2.24, 2.45) is 0 Å². The van der Waals surface area contributed by atoms with Crippen molar-refractivity contribution >= 4 is 5.95 Å². The van der Waals surface area contributed by atoms with Gasteiger partial charge in [0.25, 0.3) is 5.56 Å². The number of hydrogen-bond donors (Lipinski definition) is 1. The number of benzene rings is 2. The highest BCUT2D eigenvalue weighted by Crippen LogP contribution is 2.33. The highest BCUT2D eigenvalue weighted by atomic mass is 16.7. The number of aromatic nitrogens is 2. The normalized spacial score (nSPS) is 16.1. The number of nitrogens with zero attached hydrogens (tertiary/aromatic N) is 3. The summed E-state index contributed by atoms with van der Waals surface area (Å²) in [5, 5.41) is 0. The summed E-state index contributed by atoms with van der Waals surface area (Å²) in [6.45, 7) is 6.60. The molecule has 2 aliphatic rings. The minimum absolute atomic E-state index is 0.124. The highest BCUT2D eigenvalue weighted by molar-refractivity contribution is 5.64. The maximum absolute atomic E-state index is 12.3. The van der Waals surface area contributed by atoms with Gasteiger partial charge in [-0.05, 0) is 30.2 Å². The smallest absolute Gasteiger partial charge is 0.252 e. The number of fused-ring (bicyclic) bond motifs is 1. The van der Waals surface area contributed by atoms with Gasteiger partial charge in [0.05, 0.1) is 5.69 Å². The van der Waals surface area contributed by atoms with Crippen LogP contribution in [0.4, 0.5) is 5.95 Å². The largest absolute Gasteiger partial charge is 0.454 e. The second-order valence-electron chi connectivity index (χ2n) is 7.72. The van der Waals surface area contributed by atoms with Crippen molar-refractivity contribution in [3.05, 3.63) is 70.0 Å². The first-order chi connectivity index (χ1) is 14.7. The summed E-state index contributed by atoms with van der Waals surface area (Å²) in [7, 11) is 0. The molecule has 3 heterocycles. The first-order valence-corrected chi connectivity index (χ1v) is 10.2. The molecule has 7 heteroatoms. The fourth-order valence-electron chi connectivity index (χ4n) is 4.01. The second-order valence-corrected chi connectivity index (χ2v) is 7.72. The van der Waals surface area contributed by atoms with Crippen LogP contribution in [0.2, 0.25) is 0 Å². The molecule has 0 spiro atoms. The van der Waals surface area contributed by atoms with Gasteiger partial charge in [0.1, 0.15) is 0 Å². The Hall–Kier alpha value is -3.32. The lowest BCUT2D eigenvalue weighted by Gasteiger charge is -2.35. The Kier molecular flexibility index (Phi) is 4.88. The van der Waals surface area contributed by atoms with Crippen molar-refractivity contribution in [3.63, 3.8) is 0 Å². The average Bonchev–Trinajstić information content (AvgIpc) is 3.22. The number of H-pyrrole nitrogens is 1. The Labute approximate surface area is 174 Å². The second kappa shape index (κ2) is 7.84. The Morgan fingerprint density at radius 1 is 1.00 bits per heavy atom. The standard InChI is InChI=1S/C23H24N4O3/c1-16-4-2-3-5-18(16)19-13-22(28)25-23(24-19)27-10-8-26(9-11-27)14-17-6-7-20-21(12-17)30-15-29-20/h2-7,12-13H,8-11,14-15H2,1H3,(H,24,25,28). The maximum Gasteiger partial charge on any atom is 0.252 e. The molecule has 154 valence electrons. The van der Waals surface area contributed by atoms with E-state index in [1.807, 2.05) is 37.3 Å². The van der Waals surface area contributed by atoms with Crippen LogP contribution >= 0.6 is 0 Å². The molecule has 0 amide bonds.